The van der Waals surface area contributed by atoms with Crippen LogP contribution < -0.4 is 20.1 Å². The lowest BCUT2D eigenvalue weighted by Gasteiger charge is -2.18. The predicted molar refractivity (Wildman–Crippen MR) is 133 cm³/mol. The van der Waals surface area contributed by atoms with Crippen molar-refractivity contribution < 1.29 is 14.3 Å². The molecule has 0 radical (unpaired) electrons. The zero-order valence-corrected chi connectivity index (χ0v) is 20.0. The Morgan fingerprint density at radius 3 is 2.21 bits per heavy atom. The second-order valence-electron chi connectivity index (χ2n) is 8.62. The fourth-order valence-electron chi connectivity index (χ4n) is 4.96. The first-order valence-corrected chi connectivity index (χ1v) is 11.5. The number of ether oxygens (including phenoxy) is 2. The van der Waals surface area contributed by atoms with E-state index in [0.29, 0.717) is 17.1 Å². The molecular weight excluding hydrogens is 414 g/mol. The minimum Gasteiger partial charge on any atom is -0.493 e. The van der Waals surface area contributed by atoms with E-state index in [1.54, 1.807) is 14.2 Å². The number of aryl methyl sites for hydroxylation is 1. The summed E-state index contributed by atoms with van der Waals surface area (Å²) in [7, 11) is 3.27. The molecule has 6 nitrogen and oxygen atoms in total. The SMILES string of the molecule is COc1ccc(CCn2c(C)c(C(N)=O)c(-c3ccc(N4CCCC4)cc3)c2C)cc1OC. The molecule has 0 aliphatic carbocycles. The molecule has 0 bridgehead atoms. The Morgan fingerprint density at radius 2 is 1.61 bits per heavy atom. The van der Waals surface area contributed by atoms with Gasteiger partial charge in [0.25, 0.3) is 5.91 Å². The first kappa shape index (κ1) is 22.8. The second kappa shape index (κ2) is 9.61. The van der Waals surface area contributed by atoms with E-state index in [9.17, 15) is 4.79 Å². The summed E-state index contributed by atoms with van der Waals surface area (Å²) in [6, 6.07) is 14.5. The Morgan fingerprint density at radius 1 is 0.939 bits per heavy atom. The smallest absolute Gasteiger partial charge is 0.251 e. The van der Waals surface area contributed by atoms with Gasteiger partial charge in [-0.2, -0.15) is 0 Å². The number of hydrogen-bond acceptors (Lipinski definition) is 4. The van der Waals surface area contributed by atoms with Gasteiger partial charge in [-0.15, -0.1) is 0 Å². The van der Waals surface area contributed by atoms with Gasteiger partial charge in [0.1, 0.15) is 0 Å². The number of hydrogen-bond donors (Lipinski definition) is 1. The third-order valence-corrected chi connectivity index (χ3v) is 6.73. The van der Waals surface area contributed by atoms with Gasteiger partial charge in [0.2, 0.25) is 0 Å². The van der Waals surface area contributed by atoms with Crippen LogP contribution >= 0.6 is 0 Å². The molecule has 2 aromatic carbocycles. The molecule has 2 heterocycles. The number of methoxy groups -OCH3 is 2. The molecule has 0 unspecified atom stereocenters. The highest BCUT2D eigenvalue weighted by Crippen LogP contribution is 2.34. The van der Waals surface area contributed by atoms with Crippen LogP contribution in [0.4, 0.5) is 5.69 Å². The quantitative estimate of drug-likeness (QED) is 0.542. The number of benzene rings is 2. The molecule has 3 aromatic rings. The van der Waals surface area contributed by atoms with E-state index < -0.39 is 0 Å². The summed E-state index contributed by atoms with van der Waals surface area (Å²) in [6.07, 6.45) is 3.28. The van der Waals surface area contributed by atoms with Crippen LogP contribution in [0, 0.1) is 13.8 Å². The number of carbonyl (C=O) groups excluding carboxylic acids is 1. The van der Waals surface area contributed by atoms with Gasteiger partial charge in [-0.25, -0.2) is 0 Å². The van der Waals surface area contributed by atoms with E-state index in [2.05, 4.69) is 40.7 Å². The molecule has 1 saturated heterocycles. The molecule has 1 aromatic heterocycles. The van der Waals surface area contributed by atoms with Crippen molar-refractivity contribution in [3.8, 4) is 22.6 Å². The molecule has 174 valence electrons. The summed E-state index contributed by atoms with van der Waals surface area (Å²) in [5.74, 6) is 1.04. The van der Waals surface area contributed by atoms with Gasteiger partial charge in [0.05, 0.1) is 19.8 Å². The lowest BCUT2D eigenvalue weighted by atomic mass is 9.99. The molecule has 0 spiro atoms. The second-order valence-corrected chi connectivity index (χ2v) is 8.62. The lowest BCUT2D eigenvalue weighted by Crippen LogP contribution is -2.17. The van der Waals surface area contributed by atoms with E-state index in [-0.39, 0.29) is 5.91 Å². The van der Waals surface area contributed by atoms with Gasteiger partial charge in [0.15, 0.2) is 11.5 Å². The molecule has 0 saturated carbocycles. The van der Waals surface area contributed by atoms with E-state index in [0.717, 1.165) is 54.1 Å². The van der Waals surface area contributed by atoms with Crippen LogP contribution in [0.2, 0.25) is 0 Å². The van der Waals surface area contributed by atoms with Crippen molar-refractivity contribution in [2.45, 2.75) is 39.7 Å². The Labute approximate surface area is 195 Å². The Kier molecular flexibility index (Phi) is 6.63. The van der Waals surface area contributed by atoms with Gasteiger partial charge < -0.3 is 24.7 Å². The Bertz CT molecular complexity index is 1140. The van der Waals surface area contributed by atoms with Crippen LogP contribution in [0.25, 0.3) is 11.1 Å². The van der Waals surface area contributed by atoms with E-state index in [4.69, 9.17) is 15.2 Å². The number of aromatic nitrogens is 1. The number of amides is 1. The zero-order chi connectivity index (χ0) is 23.5. The fraction of sp³-hybridized carbons (Fsp3) is 0.370. The minimum atomic E-state index is -0.390. The maximum atomic E-state index is 12.5. The molecule has 6 heteroatoms. The van der Waals surface area contributed by atoms with Crippen molar-refractivity contribution in [3.63, 3.8) is 0 Å². The van der Waals surface area contributed by atoms with Crippen molar-refractivity contribution in [2.24, 2.45) is 5.73 Å². The van der Waals surface area contributed by atoms with Gasteiger partial charge >= 0.3 is 0 Å². The largest absolute Gasteiger partial charge is 0.493 e. The molecular formula is C27H33N3O3. The van der Waals surface area contributed by atoms with Crippen LogP contribution in [0.3, 0.4) is 0 Å². The number of nitrogens with two attached hydrogens (primary N) is 1. The summed E-state index contributed by atoms with van der Waals surface area (Å²) < 4.78 is 13.0. The van der Waals surface area contributed by atoms with Crippen LogP contribution in [0.1, 0.15) is 40.2 Å². The van der Waals surface area contributed by atoms with Crippen LogP contribution in [0.15, 0.2) is 42.5 Å². The monoisotopic (exact) mass is 447 g/mol. The number of primary amides is 1. The average molecular weight is 448 g/mol. The Balaban J connectivity index is 1.64. The van der Waals surface area contributed by atoms with Crippen molar-refractivity contribution >= 4 is 11.6 Å². The van der Waals surface area contributed by atoms with Crippen molar-refractivity contribution in [3.05, 3.63) is 65.0 Å². The van der Waals surface area contributed by atoms with E-state index in [1.165, 1.54) is 18.5 Å². The third kappa shape index (κ3) is 4.42. The predicted octanol–water partition coefficient (Wildman–Crippen LogP) is 4.73. The molecule has 4 rings (SSSR count). The first-order valence-electron chi connectivity index (χ1n) is 11.5. The highest BCUT2D eigenvalue weighted by molar-refractivity contribution is 6.02. The minimum absolute atomic E-state index is 0.390. The van der Waals surface area contributed by atoms with E-state index >= 15 is 0 Å². The summed E-state index contributed by atoms with van der Waals surface area (Å²) in [5.41, 5.74) is 12.7. The zero-order valence-electron chi connectivity index (χ0n) is 20.0. The first-order chi connectivity index (χ1) is 15.9. The number of nitrogens with zero attached hydrogens (tertiary/aromatic N) is 2. The van der Waals surface area contributed by atoms with Crippen molar-refractivity contribution in [1.29, 1.82) is 0 Å². The van der Waals surface area contributed by atoms with Gasteiger partial charge in [-0.1, -0.05) is 18.2 Å². The molecule has 1 aliphatic rings. The standard InChI is InChI=1S/C27H33N3O3/c1-18-25(21-8-10-22(11-9-21)29-14-5-6-15-29)26(27(28)31)19(2)30(18)16-13-20-7-12-23(32-3)24(17-20)33-4/h7-12,17H,5-6,13-16H2,1-4H3,(H2,28,31). The molecule has 1 fully saturated rings. The normalized spacial score (nSPS) is 13.4. The van der Waals surface area contributed by atoms with Crippen LogP contribution in [-0.4, -0.2) is 37.8 Å². The van der Waals surface area contributed by atoms with Crippen LogP contribution in [-0.2, 0) is 13.0 Å². The highest BCUT2D eigenvalue weighted by Gasteiger charge is 2.23. The molecule has 0 atom stereocenters. The molecule has 1 amide bonds. The topological polar surface area (TPSA) is 69.7 Å². The summed E-state index contributed by atoms with van der Waals surface area (Å²) >= 11 is 0. The summed E-state index contributed by atoms with van der Waals surface area (Å²) in [6.45, 7) is 6.99. The number of carbonyl (C=O) groups is 1. The van der Waals surface area contributed by atoms with E-state index in [1.807, 2.05) is 25.1 Å². The fourth-order valence-corrected chi connectivity index (χ4v) is 4.96. The lowest BCUT2D eigenvalue weighted by molar-refractivity contribution is 0.1000. The maximum Gasteiger partial charge on any atom is 0.251 e. The van der Waals surface area contributed by atoms with Gasteiger partial charge in [-0.05, 0) is 68.5 Å². The summed E-state index contributed by atoms with van der Waals surface area (Å²) in [4.78, 5) is 14.9. The van der Waals surface area contributed by atoms with Crippen LogP contribution in [0.5, 0.6) is 11.5 Å². The molecule has 1 aliphatic heterocycles. The summed E-state index contributed by atoms with van der Waals surface area (Å²) in [5, 5.41) is 0. The number of rotatable bonds is 8. The maximum absolute atomic E-state index is 12.5. The molecule has 33 heavy (non-hydrogen) atoms. The van der Waals surface area contributed by atoms with Crippen molar-refractivity contribution in [2.75, 3.05) is 32.2 Å². The van der Waals surface area contributed by atoms with Gasteiger partial charge in [-0.3, -0.25) is 4.79 Å². The third-order valence-electron chi connectivity index (χ3n) is 6.73. The number of anilines is 1. The average Bonchev–Trinajstić information content (AvgIpc) is 3.44. The highest BCUT2D eigenvalue weighted by atomic mass is 16.5. The van der Waals surface area contributed by atoms with Gasteiger partial charge in [0, 0.05) is 42.3 Å². The van der Waals surface area contributed by atoms with Crippen molar-refractivity contribution in [1.82, 2.24) is 4.57 Å². The Hall–Kier alpha value is -3.41. The molecule has 2 N–H and O–H groups in total.